The van der Waals surface area contributed by atoms with Crippen LogP contribution in [0.25, 0.3) is 0 Å². The maximum Gasteiger partial charge on any atom is 0.257 e. The molecule has 25 heavy (non-hydrogen) atoms. The molecule has 0 unspecified atom stereocenters. The summed E-state index contributed by atoms with van der Waals surface area (Å²) in [4.78, 5) is 16.3. The predicted octanol–water partition coefficient (Wildman–Crippen LogP) is 1.69. The van der Waals surface area contributed by atoms with E-state index in [-0.39, 0.29) is 23.1 Å². The second-order valence-corrected chi connectivity index (χ2v) is 8.88. The second-order valence-electron chi connectivity index (χ2n) is 6.72. The normalized spacial score (nSPS) is 25.8. The first-order valence-electron chi connectivity index (χ1n) is 8.53. The smallest absolute Gasteiger partial charge is 0.257 e. The zero-order chi connectivity index (χ0) is 18.2. The van der Waals surface area contributed by atoms with Gasteiger partial charge in [0.25, 0.3) is 5.91 Å². The van der Waals surface area contributed by atoms with Crippen LogP contribution < -0.4 is 0 Å². The van der Waals surface area contributed by atoms with Crippen molar-refractivity contribution in [3.05, 3.63) is 35.4 Å². The van der Waals surface area contributed by atoms with Gasteiger partial charge in [-0.15, -0.1) is 0 Å². The summed E-state index contributed by atoms with van der Waals surface area (Å²) in [6, 6.07) is 1.97. The van der Waals surface area contributed by atoms with E-state index < -0.39 is 33.4 Å². The summed E-state index contributed by atoms with van der Waals surface area (Å²) < 4.78 is 51.7. The minimum Gasteiger partial charge on any atom is -0.332 e. The number of hydrogen-bond donors (Lipinski definition) is 0. The third-order valence-electron chi connectivity index (χ3n) is 5.01. The van der Waals surface area contributed by atoms with Gasteiger partial charge in [0, 0.05) is 19.1 Å². The number of hydrogen-bond acceptors (Lipinski definition) is 4. The molecule has 2 atom stereocenters. The predicted molar refractivity (Wildman–Crippen MR) is 90.1 cm³/mol. The first-order chi connectivity index (χ1) is 11.8. The molecule has 2 fully saturated rings. The van der Waals surface area contributed by atoms with E-state index in [1.54, 1.807) is 0 Å². The monoisotopic (exact) mass is 372 g/mol. The summed E-state index contributed by atoms with van der Waals surface area (Å²) in [6.07, 6.45) is 1.95. The Bertz CT molecular complexity index is 769. The number of carbonyl (C=O) groups excluding carboxylic acids is 1. The topological polar surface area (TPSA) is 57.7 Å². The van der Waals surface area contributed by atoms with Crippen LogP contribution in [0.3, 0.4) is 0 Å². The maximum atomic E-state index is 14.0. The fourth-order valence-electron chi connectivity index (χ4n) is 3.73. The van der Waals surface area contributed by atoms with Gasteiger partial charge in [-0.3, -0.25) is 9.69 Å². The Morgan fingerprint density at radius 3 is 2.64 bits per heavy atom. The number of carbonyl (C=O) groups is 1. The molecule has 0 aliphatic carbocycles. The van der Waals surface area contributed by atoms with Crippen molar-refractivity contribution in [3.63, 3.8) is 0 Å². The SMILES string of the molecule is CCCCN1CCN(C(=O)c2cc(F)ccc2F)[C@H]2CS(=O)(=O)C[C@H]21. The van der Waals surface area contributed by atoms with Gasteiger partial charge in [0.2, 0.25) is 0 Å². The van der Waals surface area contributed by atoms with E-state index >= 15 is 0 Å². The number of nitrogens with zero attached hydrogens (tertiary/aromatic N) is 2. The summed E-state index contributed by atoms with van der Waals surface area (Å²) in [7, 11) is -3.26. The molecular formula is C17H22F2N2O3S. The average molecular weight is 372 g/mol. The Morgan fingerprint density at radius 2 is 1.92 bits per heavy atom. The number of halogens is 2. The Kier molecular flexibility index (Phi) is 5.11. The minimum absolute atomic E-state index is 0.0107. The third-order valence-corrected chi connectivity index (χ3v) is 6.71. The van der Waals surface area contributed by atoms with Crippen LogP contribution in [0.4, 0.5) is 8.78 Å². The first-order valence-corrected chi connectivity index (χ1v) is 10.3. The van der Waals surface area contributed by atoms with Gasteiger partial charge >= 0.3 is 0 Å². The number of amides is 1. The van der Waals surface area contributed by atoms with E-state index in [2.05, 4.69) is 11.8 Å². The van der Waals surface area contributed by atoms with E-state index in [9.17, 15) is 22.0 Å². The molecule has 1 amide bonds. The van der Waals surface area contributed by atoms with Crippen molar-refractivity contribution in [2.45, 2.75) is 31.8 Å². The van der Waals surface area contributed by atoms with E-state index in [1.807, 2.05) is 0 Å². The van der Waals surface area contributed by atoms with Crippen molar-refractivity contribution in [2.24, 2.45) is 0 Å². The maximum absolute atomic E-state index is 14.0. The van der Waals surface area contributed by atoms with Gasteiger partial charge in [0.05, 0.1) is 23.1 Å². The molecule has 0 aromatic heterocycles. The fraction of sp³-hybridized carbons (Fsp3) is 0.588. The quantitative estimate of drug-likeness (QED) is 0.807. The highest BCUT2D eigenvalue weighted by atomic mass is 32.2. The lowest BCUT2D eigenvalue weighted by atomic mass is 10.0. The van der Waals surface area contributed by atoms with Gasteiger partial charge < -0.3 is 4.90 Å². The molecule has 0 saturated carbocycles. The first kappa shape index (κ1) is 18.3. The Labute approximate surface area is 146 Å². The number of fused-ring (bicyclic) bond motifs is 1. The van der Waals surface area contributed by atoms with Crippen molar-refractivity contribution in [3.8, 4) is 0 Å². The van der Waals surface area contributed by atoms with Crippen LogP contribution in [0.2, 0.25) is 0 Å². The number of piperazine rings is 1. The van der Waals surface area contributed by atoms with Crippen molar-refractivity contribution >= 4 is 15.7 Å². The van der Waals surface area contributed by atoms with Crippen molar-refractivity contribution in [1.82, 2.24) is 9.80 Å². The lowest BCUT2D eigenvalue weighted by Gasteiger charge is -2.44. The number of sulfone groups is 1. The fourth-order valence-corrected chi connectivity index (χ4v) is 5.74. The molecule has 2 saturated heterocycles. The van der Waals surface area contributed by atoms with Gasteiger partial charge in [0.15, 0.2) is 9.84 Å². The van der Waals surface area contributed by atoms with Crippen LogP contribution in [-0.4, -0.2) is 67.3 Å². The van der Waals surface area contributed by atoms with Crippen molar-refractivity contribution in [1.29, 1.82) is 0 Å². The molecule has 2 heterocycles. The van der Waals surface area contributed by atoms with Crippen LogP contribution in [0, 0.1) is 11.6 Å². The minimum atomic E-state index is -3.26. The average Bonchev–Trinajstić information content (AvgIpc) is 2.89. The molecule has 2 aliphatic rings. The van der Waals surface area contributed by atoms with Crippen LogP contribution in [0.1, 0.15) is 30.1 Å². The lowest BCUT2D eigenvalue weighted by Crippen LogP contribution is -2.60. The molecule has 0 spiro atoms. The Balaban J connectivity index is 1.87. The van der Waals surface area contributed by atoms with Crippen LogP contribution in [-0.2, 0) is 9.84 Å². The molecule has 0 N–H and O–H groups in total. The van der Waals surface area contributed by atoms with Gasteiger partial charge in [-0.1, -0.05) is 13.3 Å². The molecule has 138 valence electrons. The second kappa shape index (κ2) is 6.99. The summed E-state index contributed by atoms with van der Waals surface area (Å²) in [5, 5.41) is 0. The highest BCUT2D eigenvalue weighted by Crippen LogP contribution is 2.29. The Hall–Kier alpha value is -1.54. The van der Waals surface area contributed by atoms with Gasteiger partial charge in [-0.05, 0) is 31.2 Å². The summed E-state index contributed by atoms with van der Waals surface area (Å²) in [6.45, 7) is 3.70. The highest BCUT2D eigenvalue weighted by molar-refractivity contribution is 7.91. The zero-order valence-electron chi connectivity index (χ0n) is 14.1. The number of benzene rings is 1. The van der Waals surface area contributed by atoms with Crippen molar-refractivity contribution in [2.75, 3.05) is 31.1 Å². The molecule has 0 radical (unpaired) electrons. The van der Waals surface area contributed by atoms with Crippen LogP contribution in [0.15, 0.2) is 18.2 Å². The zero-order valence-corrected chi connectivity index (χ0v) is 14.9. The molecule has 8 heteroatoms. The van der Waals surface area contributed by atoms with E-state index in [1.165, 1.54) is 4.90 Å². The molecule has 5 nitrogen and oxygen atoms in total. The molecule has 1 aromatic rings. The molecular weight excluding hydrogens is 350 g/mol. The Morgan fingerprint density at radius 1 is 1.20 bits per heavy atom. The summed E-state index contributed by atoms with van der Waals surface area (Å²) in [5.41, 5.74) is -0.343. The molecule has 0 bridgehead atoms. The van der Waals surface area contributed by atoms with Gasteiger partial charge in [0.1, 0.15) is 11.6 Å². The largest absolute Gasteiger partial charge is 0.332 e. The van der Waals surface area contributed by atoms with E-state index in [0.29, 0.717) is 13.1 Å². The summed E-state index contributed by atoms with van der Waals surface area (Å²) in [5.74, 6) is -2.24. The van der Waals surface area contributed by atoms with Crippen molar-refractivity contribution < 1.29 is 22.0 Å². The molecule has 2 aliphatic heterocycles. The van der Waals surface area contributed by atoms with Gasteiger partial charge in [-0.25, -0.2) is 17.2 Å². The number of unbranched alkanes of at least 4 members (excludes halogenated alkanes) is 1. The third kappa shape index (κ3) is 3.69. The van der Waals surface area contributed by atoms with Crippen LogP contribution >= 0.6 is 0 Å². The van der Waals surface area contributed by atoms with E-state index in [4.69, 9.17) is 0 Å². The number of rotatable bonds is 4. The van der Waals surface area contributed by atoms with Crippen LogP contribution in [0.5, 0.6) is 0 Å². The molecule has 1 aromatic carbocycles. The molecule has 3 rings (SSSR count). The van der Waals surface area contributed by atoms with E-state index in [0.717, 1.165) is 37.6 Å². The highest BCUT2D eigenvalue weighted by Gasteiger charge is 2.48. The lowest BCUT2D eigenvalue weighted by molar-refractivity contribution is 0.0324. The standard InChI is InChI=1S/C17H22F2N2O3S/c1-2-3-6-20-7-8-21(16-11-25(23,24)10-15(16)20)17(22)13-9-12(18)4-5-14(13)19/h4-5,9,15-16H,2-3,6-8,10-11H2,1H3/t15-,16+/m1/s1. The van der Waals surface area contributed by atoms with Gasteiger partial charge in [-0.2, -0.15) is 0 Å². The summed E-state index contributed by atoms with van der Waals surface area (Å²) >= 11 is 0.